The Kier molecular flexibility index (Phi) is 4.93. The third-order valence-electron chi connectivity index (χ3n) is 4.35. The summed E-state index contributed by atoms with van der Waals surface area (Å²) in [4.78, 5) is 13.3. The van der Waals surface area contributed by atoms with E-state index in [0.717, 1.165) is 23.5 Å². The summed E-state index contributed by atoms with van der Waals surface area (Å²) in [6.07, 6.45) is 6.38. The number of rotatable bonds is 6. The van der Waals surface area contributed by atoms with Crippen molar-refractivity contribution in [2.24, 2.45) is 0 Å². The number of thioether (sulfide) groups is 1. The number of anilines is 1. The van der Waals surface area contributed by atoms with Crippen LogP contribution in [0.15, 0.2) is 34.9 Å². The van der Waals surface area contributed by atoms with Crippen LogP contribution in [0.5, 0.6) is 0 Å². The number of hydrogen-bond donors (Lipinski definition) is 2. The zero-order valence-corrected chi connectivity index (χ0v) is 15.7. The number of nitrogens with one attached hydrogen (secondary N) is 1. The van der Waals surface area contributed by atoms with Crippen LogP contribution in [-0.4, -0.2) is 36.3 Å². The normalized spacial score (nSPS) is 14.8. The molecule has 0 radical (unpaired) electrons. The molecule has 3 heterocycles. The van der Waals surface area contributed by atoms with E-state index in [-0.39, 0.29) is 11.7 Å². The molecule has 1 aliphatic rings. The molecule has 3 aromatic rings. The van der Waals surface area contributed by atoms with Gasteiger partial charge < -0.3 is 11.2 Å². The van der Waals surface area contributed by atoms with Crippen molar-refractivity contribution in [3.05, 3.63) is 29.8 Å². The first kappa shape index (κ1) is 17.1. The fourth-order valence-electron chi connectivity index (χ4n) is 3.11. The molecule has 1 saturated carbocycles. The standard InChI is InChI=1S/C16H19N7OS2/c17-22-15(12-6-3-9-25-12)20-21-16(22)26-10-14(24)19-13-7-8-18-23(13)11-4-1-2-5-11/h3,6-9,11H,1-2,4-5,10,17H2,(H,19,24). The maximum atomic E-state index is 12.3. The molecule has 0 unspecified atom stereocenters. The Balaban J connectivity index is 1.37. The van der Waals surface area contributed by atoms with E-state index in [1.165, 1.54) is 29.3 Å². The minimum Gasteiger partial charge on any atom is -0.335 e. The number of carbonyl (C=O) groups is 1. The fraction of sp³-hybridized carbons (Fsp3) is 0.375. The lowest BCUT2D eigenvalue weighted by atomic mass is 10.2. The highest BCUT2D eigenvalue weighted by atomic mass is 32.2. The third-order valence-corrected chi connectivity index (χ3v) is 6.16. The second kappa shape index (κ2) is 7.50. The fourth-order valence-corrected chi connectivity index (χ4v) is 4.47. The number of hydrogen-bond acceptors (Lipinski definition) is 7. The summed E-state index contributed by atoms with van der Waals surface area (Å²) in [7, 11) is 0. The maximum absolute atomic E-state index is 12.3. The van der Waals surface area contributed by atoms with Crippen LogP contribution in [0.1, 0.15) is 31.7 Å². The monoisotopic (exact) mass is 389 g/mol. The van der Waals surface area contributed by atoms with Gasteiger partial charge in [0.1, 0.15) is 5.82 Å². The molecule has 4 rings (SSSR count). The summed E-state index contributed by atoms with van der Waals surface area (Å²) >= 11 is 2.80. The topological polar surface area (TPSA) is 104 Å². The van der Waals surface area contributed by atoms with Crippen LogP contribution >= 0.6 is 23.1 Å². The van der Waals surface area contributed by atoms with Gasteiger partial charge in [-0.1, -0.05) is 30.7 Å². The van der Waals surface area contributed by atoms with Crippen molar-refractivity contribution in [2.45, 2.75) is 36.9 Å². The Labute approximate surface area is 158 Å². The Morgan fingerprint density at radius 3 is 2.96 bits per heavy atom. The first-order valence-electron chi connectivity index (χ1n) is 8.43. The number of carbonyl (C=O) groups excluding carboxylic acids is 1. The highest BCUT2D eigenvalue weighted by molar-refractivity contribution is 7.99. The molecule has 136 valence electrons. The van der Waals surface area contributed by atoms with Crippen LogP contribution in [0.25, 0.3) is 10.7 Å². The molecule has 1 aliphatic carbocycles. The second-order valence-corrected chi connectivity index (χ2v) is 7.98. The summed E-state index contributed by atoms with van der Waals surface area (Å²) in [5.41, 5.74) is 0. The van der Waals surface area contributed by atoms with E-state index >= 15 is 0 Å². The molecule has 0 aliphatic heterocycles. The average Bonchev–Trinajstić information content (AvgIpc) is 3.41. The number of aromatic nitrogens is 5. The predicted octanol–water partition coefficient (Wildman–Crippen LogP) is 2.76. The van der Waals surface area contributed by atoms with Crippen LogP contribution in [0.3, 0.4) is 0 Å². The molecular weight excluding hydrogens is 370 g/mol. The van der Waals surface area contributed by atoms with Gasteiger partial charge in [0, 0.05) is 6.07 Å². The van der Waals surface area contributed by atoms with Crippen molar-refractivity contribution in [1.82, 2.24) is 24.7 Å². The predicted molar refractivity (Wildman–Crippen MR) is 103 cm³/mol. The van der Waals surface area contributed by atoms with Gasteiger partial charge in [-0.15, -0.1) is 21.5 Å². The molecule has 26 heavy (non-hydrogen) atoms. The van der Waals surface area contributed by atoms with E-state index in [9.17, 15) is 4.79 Å². The van der Waals surface area contributed by atoms with E-state index in [1.54, 1.807) is 17.5 Å². The van der Waals surface area contributed by atoms with Crippen LogP contribution in [0.4, 0.5) is 5.82 Å². The second-order valence-electron chi connectivity index (χ2n) is 6.09. The Morgan fingerprint density at radius 1 is 1.35 bits per heavy atom. The average molecular weight is 390 g/mol. The number of amides is 1. The highest BCUT2D eigenvalue weighted by Gasteiger charge is 2.21. The van der Waals surface area contributed by atoms with Crippen LogP contribution < -0.4 is 11.2 Å². The Bertz CT molecular complexity index is 880. The molecule has 0 bridgehead atoms. The summed E-state index contributed by atoms with van der Waals surface area (Å²) in [5, 5.41) is 18.0. The summed E-state index contributed by atoms with van der Waals surface area (Å²) in [6.45, 7) is 0. The van der Waals surface area contributed by atoms with E-state index < -0.39 is 0 Å². The lowest BCUT2D eigenvalue weighted by Crippen LogP contribution is -2.20. The molecule has 0 aromatic carbocycles. The van der Waals surface area contributed by atoms with Gasteiger partial charge in [-0.3, -0.25) is 4.79 Å². The van der Waals surface area contributed by atoms with Crippen LogP contribution in [0.2, 0.25) is 0 Å². The number of thiophene rings is 1. The summed E-state index contributed by atoms with van der Waals surface area (Å²) < 4.78 is 3.35. The van der Waals surface area contributed by atoms with Gasteiger partial charge in [-0.2, -0.15) is 5.10 Å². The van der Waals surface area contributed by atoms with Crippen molar-refractivity contribution in [3.63, 3.8) is 0 Å². The Morgan fingerprint density at radius 2 is 2.19 bits per heavy atom. The Hall–Kier alpha value is -2.33. The van der Waals surface area contributed by atoms with Gasteiger partial charge in [-0.05, 0) is 24.3 Å². The van der Waals surface area contributed by atoms with Gasteiger partial charge in [0.2, 0.25) is 11.1 Å². The van der Waals surface area contributed by atoms with Crippen molar-refractivity contribution in [1.29, 1.82) is 0 Å². The van der Waals surface area contributed by atoms with Crippen LogP contribution in [-0.2, 0) is 4.79 Å². The SMILES string of the molecule is Nn1c(SCC(=O)Nc2ccnn2C2CCCC2)nnc1-c1cccs1. The van der Waals surface area contributed by atoms with E-state index in [2.05, 4.69) is 20.6 Å². The summed E-state index contributed by atoms with van der Waals surface area (Å²) in [6, 6.07) is 6.08. The minimum atomic E-state index is -0.115. The van der Waals surface area contributed by atoms with Crippen molar-refractivity contribution in [2.75, 3.05) is 16.9 Å². The van der Waals surface area contributed by atoms with Crippen LogP contribution in [0, 0.1) is 0 Å². The molecular formula is C16H19N7OS2. The molecule has 1 fully saturated rings. The van der Waals surface area contributed by atoms with Gasteiger partial charge in [0.05, 0.1) is 22.9 Å². The minimum absolute atomic E-state index is 0.115. The van der Waals surface area contributed by atoms with E-state index in [0.29, 0.717) is 17.0 Å². The molecule has 10 heteroatoms. The molecule has 3 aromatic heterocycles. The summed E-state index contributed by atoms with van der Waals surface area (Å²) in [5.74, 6) is 7.49. The molecule has 0 saturated heterocycles. The molecule has 1 amide bonds. The number of nitrogen functional groups attached to an aromatic ring is 1. The number of nitrogens with two attached hydrogens (primary N) is 1. The zero-order valence-electron chi connectivity index (χ0n) is 14.0. The van der Waals surface area contributed by atoms with Gasteiger partial charge >= 0.3 is 0 Å². The van der Waals surface area contributed by atoms with Crippen molar-refractivity contribution >= 4 is 34.8 Å². The smallest absolute Gasteiger partial charge is 0.235 e. The molecule has 8 nitrogen and oxygen atoms in total. The lowest BCUT2D eigenvalue weighted by molar-refractivity contribution is -0.113. The van der Waals surface area contributed by atoms with Crippen molar-refractivity contribution < 1.29 is 4.79 Å². The van der Waals surface area contributed by atoms with Gasteiger partial charge in [0.15, 0.2) is 5.82 Å². The first-order chi connectivity index (χ1) is 12.7. The van der Waals surface area contributed by atoms with Crippen molar-refractivity contribution in [3.8, 4) is 10.7 Å². The van der Waals surface area contributed by atoms with Gasteiger partial charge in [-0.25, -0.2) is 9.36 Å². The molecule has 0 spiro atoms. The number of nitrogens with zero attached hydrogens (tertiary/aromatic N) is 5. The maximum Gasteiger partial charge on any atom is 0.235 e. The van der Waals surface area contributed by atoms with E-state index in [1.807, 2.05) is 28.3 Å². The van der Waals surface area contributed by atoms with Gasteiger partial charge in [0.25, 0.3) is 0 Å². The zero-order chi connectivity index (χ0) is 17.9. The lowest BCUT2D eigenvalue weighted by Gasteiger charge is -2.14. The molecule has 3 N–H and O–H groups in total. The highest BCUT2D eigenvalue weighted by Crippen LogP contribution is 2.31. The quantitative estimate of drug-likeness (QED) is 0.496. The first-order valence-corrected chi connectivity index (χ1v) is 10.3. The van der Waals surface area contributed by atoms with E-state index in [4.69, 9.17) is 5.84 Å². The largest absolute Gasteiger partial charge is 0.335 e. The molecule has 0 atom stereocenters. The third kappa shape index (κ3) is 3.47.